The van der Waals surface area contributed by atoms with E-state index in [4.69, 9.17) is 16.3 Å². The number of hydrogen-bond donors (Lipinski definition) is 0. The van der Waals surface area contributed by atoms with Crippen LogP contribution >= 0.6 is 11.6 Å². The minimum absolute atomic E-state index is 0.329. The van der Waals surface area contributed by atoms with Crippen LogP contribution in [0, 0.1) is 5.82 Å². The summed E-state index contributed by atoms with van der Waals surface area (Å²) in [7, 11) is 1.48. The van der Waals surface area contributed by atoms with E-state index in [0.717, 1.165) is 0 Å². The van der Waals surface area contributed by atoms with Crippen LogP contribution in [-0.2, 0) is 0 Å². The van der Waals surface area contributed by atoms with Crippen LogP contribution in [-0.4, -0.2) is 12.1 Å². The summed E-state index contributed by atoms with van der Waals surface area (Å²) in [5, 5.41) is 0.685. The fourth-order valence-electron chi connectivity index (χ4n) is 1.29. The van der Waals surface area contributed by atoms with E-state index in [9.17, 15) is 4.39 Å². The highest BCUT2D eigenvalue weighted by atomic mass is 35.5. The highest BCUT2D eigenvalue weighted by molar-refractivity contribution is 6.35. The highest BCUT2D eigenvalue weighted by Gasteiger charge is 2.08. The maximum atomic E-state index is 13.5. The Labute approximate surface area is 85.3 Å². The molecule has 0 aliphatic rings. The number of benzene rings is 1. The maximum Gasteiger partial charge on any atom is 0.137 e. The molecular weight excluding hydrogens is 205 g/mol. The molecule has 14 heavy (non-hydrogen) atoms. The minimum Gasteiger partial charge on any atom is -0.497 e. The van der Waals surface area contributed by atoms with Gasteiger partial charge in [-0.3, -0.25) is 4.98 Å². The van der Waals surface area contributed by atoms with Crippen molar-refractivity contribution in [2.24, 2.45) is 0 Å². The van der Waals surface area contributed by atoms with Crippen molar-refractivity contribution in [1.29, 1.82) is 0 Å². The molecule has 0 amide bonds. The van der Waals surface area contributed by atoms with E-state index in [1.54, 1.807) is 12.1 Å². The van der Waals surface area contributed by atoms with Crippen molar-refractivity contribution < 1.29 is 9.13 Å². The van der Waals surface area contributed by atoms with Crippen molar-refractivity contribution >= 4 is 22.5 Å². The second-order valence-corrected chi connectivity index (χ2v) is 3.20. The van der Waals surface area contributed by atoms with Gasteiger partial charge in [0.1, 0.15) is 11.6 Å². The third-order valence-electron chi connectivity index (χ3n) is 1.95. The van der Waals surface area contributed by atoms with E-state index >= 15 is 0 Å². The van der Waals surface area contributed by atoms with E-state index in [0.29, 0.717) is 21.7 Å². The van der Waals surface area contributed by atoms with Crippen molar-refractivity contribution in [3.05, 3.63) is 35.2 Å². The summed E-state index contributed by atoms with van der Waals surface area (Å²) in [4.78, 5) is 4.01. The first-order valence-corrected chi connectivity index (χ1v) is 4.38. The molecule has 0 unspecified atom stereocenters. The van der Waals surface area contributed by atoms with Crippen molar-refractivity contribution in [2.45, 2.75) is 0 Å². The molecule has 0 fully saturated rings. The monoisotopic (exact) mass is 211 g/mol. The molecule has 2 nitrogen and oxygen atoms in total. The van der Waals surface area contributed by atoms with Gasteiger partial charge in [0.05, 0.1) is 23.0 Å². The summed E-state index contributed by atoms with van der Waals surface area (Å²) in [6.07, 6.45) is 1.53. The molecule has 0 saturated carbocycles. The standard InChI is InChI=1S/C10H7ClFNO/c1-14-6-4-8(12)10-7(11)2-3-13-9(10)5-6/h2-5H,1H3. The molecule has 0 bridgehead atoms. The van der Waals surface area contributed by atoms with Gasteiger partial charge in [0.2, 0.25) is 0 Å². The average Bonchev–Trinajstić information content (AvgIpc) is 2.17. The first-order chi connectivity index (χ1) is 6.72. The first kappa shape index (κ1) is 9.21. The van der Waals surface area contributed by atoms with Crippen molar-refractivity contribution in [3.63, 3.8) is 0 Å². The van der Waals surface area contributed by atoms with Crippen LogP contribution in [0.2, 0.25) is 5.02 Å². The molecule has 0 saturated heterocycles. The number of fused-ring (bicyclic) bond motifs is 1. The largest absolute Gasteiger partial charge is 0.497 e. The smallest absolute Gasteiger partial charge is 0.137 e. The highest BCUT2D eigenvalue weighted by Crippen LogP contribution is 2.28. The molecule has 72 valence electrons. The number of ether oxygens (including phenoxy) is 1. The molecule has 2 rings (SSSR count). The lowest BCUT2D eigenvalue weighted by atomic mass is 10.2. The Morgan fingerprint density at radius 1 is 1.43 bits per heavy atom. The number of pyridine rings is 1. The Hall–Kier alpha value is -1.35. The van der Waals surface area contributed by atoms with Gasteiger partial charge >= 0.3 is 0 Å². The van der Waals surface area contributed by atoms with Crippen LogP contribution in [0.3, 0.4) is 0 Å². The van der Waals surface area contributed by atoms with Crippen LogP contribution in [0.1, 0.15) is 0 Å². The average molecular weight is 212 g/mol. The Morgan fingerprint density at radius 3 is 2.93 bits per heavy atom. The lowest BCUT2D eigenvalue weighted by molar-refractivity contribution is 0.412. The second-order valence-electron chi connectivity index (χ2n) is 2.80. The van der Waals surface area contributed by atoms with Crippen molar-refractivity contribution in [1.82, 2.24) is 4.98 Å². The predicted molar refractivity (Wildman–Crippen MR) is 53.3 cm³/mol. The zero-order chi connectivity index (χ0) is 10.1. The van der Waals surface area contributed by atoms with Gasteiger partial charge in [-0.25, -0.2) is 4.39 Å². The first-order valence-electron chi connectivity index (χ1n) is 4.00. The summed E-state index contributed by atoms with van der Waals surface area (Å²) in [6, 6.07) is 4.49. The van der Waals surface area contributed by atoms with Gasteiger partial charge in [0, 0.05) is 18.3 Å². The molecule has 0 aliphatic heterocycles. The van der Waals surface area contributed by atoms with Crippen LogP contribution in [0.25, 0.3) is 10.9 Å². The fraction of sp³-hybridized carbons (Fsp3) is 0.100. The quantitative estimate of drug-likeness (QED) is 0.723. The van der Waals surface area contributed by atoms with Gasteiger partial charge in [-0.1, -0.05) is 11.6 Å². The third kappa shape index (κ3) is 1.40. The number of nitrogens with zero attached hydrogens (tertiary/aromatic N) is 1. The lowest BCUT2D eigenvalue weighted by Crippen LogP contribution is -1.88. The molecule has 0 atom stereocenters. The summed E-state index contributed by atoms with van der Waals surface area (Å²) >= 11 is 5.84. The van der Waals surface area contributed by atoms with Crippen LogP contribution in [0.5, 0.6) is 5.75 Å². The second kappa shape index (κ2) is 3.42. The molecule has 1 aromatic heterocycles. The molecule has 1 heterocycles. The summed E-state index contributed by atoms with van der Waals surface area (Å²) in [6.45, 7) is 0. The Bertz CT molecular complexity index is 487. The SMILES string of the molecule is COc1cc(F)c2c(Cl)ccnc2c1. The Morgan fingerprint density at radius 2 is 2.21 bits per heavy atom. The zero-order valence-corrected chi connectivity index (χ0v) is 8.18. The normalized spacial score (nSPS) is 10.5. The van der Waals surface area contributed by atoms with Gasteiger partial charge in [-0.2, -0.15) is 0 Å². The number of methoxy groups -OCH3 is 1. The lowest BCUT2D eigenvalue weighted by Gasteiger charge is -2.04. The van der Waals surface area contributed by atoms with Gasteiger partial charge in [-0.15, -0.1) is 0 Å². The Kier molecular flexibility index (Phi) is 2.25. The Balaban J connectivity index is 2.83. The van der Waals surface area contributed by atoms with Gasteiger partial charge < -0.3 is 4.74 Å². The maximum absolute atomic E-state index is 13.5. The third-order valence-corrected chi connectivity index (χ3v) is 2.27. The van der Waals surface area contributed by atoms with E-state index in [1.807, 2.05) is 0 Å². The van der Waals surface area contributed by atoms with Gasteiger partial charge in [-0.05, 0) is 6.07 Å². The molecule has 0 aliphatic carbocycles. The van der Waals surface area contributed by atoms with E-state index in [1.165, 1.54) is 19.4 Å². The number of rotatable bonds is 1. The summed E-state index contributed by atoms with van der Waals surface area (Å²) < 4.78 is 18.4. The zero-order valence-electron chi connectivity index (χ0n) is 7.42. The number of aromatic nitrogens is 1. The predicted octanol–water partition coefficient (Wildman–Crippen LogP) is 3.04. The summed E-state index contributed by atoms with van der Waals surface area (Å²) in [5.41, 5.74) is 0.495. The van der Waals surface area contributed by atoms with Crippen LogP contribution in [0.15, 0.2) is 24.4 Å². The van der Waals surface area contributed by atoms with E-state index in [2.05, 4.69) is 4.98 Å². The topological polar surface area (TPSA) is 22.1 Å². The van der Waals surface area contributed by atoms with Gasteiger partial charge in [0.25, 0.3) is 0 Å². The number of halogens is 2. The molecular formula is C10H7ClFNO. The summed E-state index contributed by atoms with van der Waals surface area (Å²) in [5.74, 6) is 0.0159. The fourth-order valence-corrected chi connectivity index (χ4v) is 1.53. The van der Waals surface area contributed by atoms with E-state index in [-0.39, 0.29) is 0 Å². The van der Waals surface area contributed by atoms with Crippen molar-refractivity contribution in [2.75, 3.05) is 7.11 Å². The molecule has 2 aromatic rings. The van der Waals surface area contributed by atoms with Crippen molar-refractivity contribution in [3.8, 4) is 5.75 Å². The molecule has 0 N–H and O–H groups in total. The van der Waals surface area contributed by atoms with Crippen LogP contribution < -0.4 is 4.74 Å². The minimum atomic E-state index is -0.419. The van der Waals surface area contributed by atoms with Crippen LogP contribution in [0.4, 0.5) is 4.39 Å². The molecule has 1 aromatic carbocycles. The number of hydrogen-bond acceptors (Lipinski definition) is 2. The molecule has 4 heteroatoms. The van der Waals surface area contributed by atoms with Gasteiger partial charge in [0.15, 0.2) is 0 Å². The molecule has 0 spiro atoms. The molecule has 0 radical (unpaired) electrons. The van der Waals surface area contributed by atoms with E-state index < -0.39 is 5.82 Å².